The third kappa shape index (κ3) is 7.74. The molecule has 1 saturated heterocycles. The summed E-state index contributed by atoms with van der Waals surface area (Å²) in [7, 11) is 0. The Morgan fingerprint density at radius 1 is 1.08 bits per heavy atom. The predicted octanol–water partition coefficient (Wildman–Crippen LogP) is 6.58. The summed E-state index contributed by atoms with van der Waals surface area (Å²) >= 11 is 12.0. The number of hydrogen-bond acceptors (Lipinski definition) is 5. The minimum atomic E-state index is -0.224. The number of carbonyl (C=O) groups is 2. The maximum atomic E-state index is 12.5. The summed E-state index contributed by atoms with van der Waals surface area (Å²) in [6.07, 6.45) is 3.43. The Morgan fingerprint density at radius 3 is 2.51 bits per heavy atom. The summed E-state index contributed by atoms with van der Waals surface area (Å²) in [5.41, 5.74) is 2.49. The van der Waals surface area contributed by atoms with Crippen molar-refractivity contribution < 1.29 is 18.7 Å². The molecule has 9 heteroatoms. The van der Waals surface area contributed by atoms with Crippen LogP contribution in [0, 0.1) is 5.92 Å². The first-order valence-electron chi connectivity index (χ1n) is 12.4. The largest absolute Gasteiger partial charge is 0.433 e. The molecule has 0 spiro atoms. The zero-order valence-electron chi connectivity index (χ0n) is 20.9. The monoisotopic (exact) mass is 543 g/mol. The molecule has 2 N–H and O–H groups in total. The minimum absolute atomic E-state index is 0.0270. The van der Waals surface area contributed by atoms with Crippen molar-refractivity contribution in [3.8, 4) is 11.7 Å². The fraction of sp³-hybridized carbons (Fsp3) is 0.357. The first kappa shape index (κ1) is 27.0. The fourth-order valence-electron chi connectivity index (χ4n) is 4.27. The molecular weight excluding hydrogens is 513 g/mol. The Kier molecular flexibility index (Phi) is 9.14. The summed E-state index contributed by atoms with van der Waals surface area (Å²) in [4.78, 5) is 26.9. The van der Waals surface area contributed by atoms with Crippen LogP contribution in [0.5, 0.6) is 11.7 Å². The van der Waals surface area contributed by atoms with Crippen LogP contribution in [0.4, 0.5) is 5.69 Å². The maximum absolute atomic E-state index is 12.5. The van der Waals surface area contributed by atoms with Crippen molar-refractivity contribution in [2.45, 2.75) is 32.6 Å². The van der Waals surface area contributed by atoms with E-state index in [1.807, 2.05) is 26.0 Å². The van der Waals surface area contributed by atoms with Crippen LogP contribution in [-0.2, 0) is 4.79 Å². The van der Waals surface area contributed by atoms with Gasteiger partial charge in [-0.05, 0) is 67.7 Å². The number of furan rings is 1. The predicted molar refractivity (Wildman–Crippen MR) is 146 cm³/mol. The van der Waals surface area contributed by atoms with Crippen LogP contribution < -0.4 is 15.4 Å². The number of piperidine rings is 1. The Morgan fingerprint density at radius 2 is 1.81 bits per heavy atom. The number of benzene rings is 2. The van der Waals surface area contributed by atoms with E-state index in [1.165, 1.54) is 17.9 Å². The molecule has 4 rings (SSSR count). The van der Waals surface area contributed by atoms with Crippen LogP contribution in [0.3, 0.4) is 0 Å². The van der Waals surface area contributed by atoms with E-state index < -0.39 is 0 Å². The van der Waals surface area contributed by atoms with Crippen molar-refractivity contribution in [2.24, 2.45) is 5.92 Å². The van der Waals surface area contributed by atoms with Crippen LogP contribution in [-0.4, -0.2) is 42.9 Å². The van der Waals surface area contributed by atoms with Crippen LogP contribution in [0.1, 0.15) is 48.5 Å². The number of halogens is 2. The first-order valence-corrected chi connectivity index (χ1v) is 13.2. The second kappa shape index (κ2) is 12.5. The van der Waals surface area contributed by atoms with Crippen molar-refractivity contribution in [3.63, 3.8) is 0 Å². The molecule has 0 bridgehead atoms. The lowest BCUT2D eigenvalue weighted by Crippen LogP contribution is -2.39. The van der Waals surface area contributed by atoms with Crippen LogP contribution in [0.15, 0.2) is 59.2 Å². The van der Waals surface area contributed by atoms with Gasteiger partial charge in [0.2, 0.25) is 5.91 Å². The van der Waals surface area contributed by atoms with E-state index >= 15 is 0 Å². The summed E-state index contributed by atoms with van der Waals surface area (Å²) < 4.78 is 11.0. The highest BCUT2D eigenvalue weighted by Gasteiger charge is 2.21. The van der Waals surface area contributed by atoms with Gasteiger partial charge in [0.25, 0.3) is 11.9 Å². The number of anilines is 1. The van der Waals surface area contributed by atoms with Crippen LogP contribution in [0.2, 0.25) is 10.0 Å². The van der Waals surface area contributed by atoms with Crippen molar-refractivity contribution in [2.75, 3.05) is 31.5 Å². The van der Waals surface area contributed by atoms with Gasteiger partial charge >= 0.3 is 0 Å². The van der Waals surface area contributed by atoms with Gasteiger partial charge < -0.3 is 24.7 Å². The highest BCUT2D eigenvalue weighted by Crippen LogP contribution is 2.30. The molecule has 196 valence electrons. The fourth-order valence-corrected chi connectivity index (χ4v) is 4.78. The molecule has 37 heavy (non-hydrogen) atoms. The lowest BCUT2D eigenvalue weighted by Gasteiger charge is -2.32. The van der Waals surface area contributed by atoms with Crippen molar-refractivity contribution in [1.29, 1.82) is 0 Å². The average Bonchev–Trinajstić information content (AvgIpc) is 3.32. The molecule has 2 heterocycles. The molecule has 0 saturated carbocycles. The van der Waals surface area contributed by atoms with Gasteiger partial charge in [0, 0.05) is 40.8 Å². The quantitative estimate of drug-likeness (QED) is 0.318. The molecule has 1 aliphatic heterocycles. The van der Waals surface area contributed by atoms with E-state index in [2.05, 4.69) is 27.7 Å². The summed E-state index contributed by atoms with van der Waals surface area (Å²) in [6, 6.07) is 14.5. The number of hydrogen-bond donors (Lipinski definition) is 2. The van der Waals surface area contributed by atoms with Gasteiger partial charge in [-0.3, -0.25) is 9.59 Å². The average molecular weight is 544 g/mol. The number of likely N-dealkylation sites (tertiary alicyclic amines) is 1. The van der Waals surface area contributed by atoms with Gasteiger partial charge in [-0.1, -0.05) is 49.2 Å². The third-order valence-corrected chi connectivity index (χ3v) is 6.78. The summed E-state index contributed by atoms with van der Waals surface area (Å²) in [5.74, 6) is 0.815. The van der Waals surface area contributed by atoms with E-state index in [0.29, 0.717) is 33.8 Å². The third-order valence-electron chi connectivity index (χ3n) is 6.34. The van der Waals surface area contributed by atoms with Crippen molar-refractivity contribution in [1.82, 2.24) is 10.2 Å². The van der Waals surface area contributed by atoms with Gasteiger partial charge in [-0.25, -0.2) is 0 Å². The van der Waals surface area contributed by atoms with Gasteiger partial charge in [0.05, 0.1) is 5.56 Å². The Labute approximate surface area is 227 Å². The molecule has 1 aliphatic rings. The van der Waals surface area contributed by atoms with E-state index in [4.69, 9.17) is 32.4 Å². The van der Waals surface area contributed by atoms with Gasteiger partial charge in [0.1, 0.15) is 12.0 Å². The SMILES string of the molecule is CC(C)C(=O)Nc1cccc(C2CCN(CCNC(=O)c3coc(Oc4cc(Cl)cc(Cl)c4)c3)CC2)c1. The number of nitrogens with one attached hydrogen (secondary N) is 2. The molecule has 2 amide bonds. The van der Waals surface area contributed by atoms with Crippen molar-refractivity contribution >= 4 is 40.7 Å². The van der Waals surface area contributed by atoms with Crippen molar-refractivity contribution in [3.05, 3.63) is 76.0 Å². The van der Waals surface area contributed by atoms with Crippen LogP contribution in [0.25, 0.3) is 0 Å². The lowest BCUT2D eigenvalue weighted by molar-refractivity contribution is -0.118. The van der Waals surface area contributed by atoms with E-state index in [-0.39, 0.29) is 23.7 Å². The Bertz CT molecular complexity index is 1220. The standard InChI is InChI=1S/C28H31Cl2N3O4/c1-18(2)27(34)32-24-5-3-4-20(12-24)19-6-9-33(10-7-19)11-8-31-28(35)21-13-26(36-17-21)37-25-15-22(29)14-23(30)16-25/h3-5,12-19H,6-11H2,1-2H3,(H,31,35)(H,32,34). The highest BCUT2D eigenvalue weighted by atomic mass is 35.5. The molecule has 1 aromatic heterocycles. The summed E-state index contributed by atoms with van der Waals surface area (Å²) in [5, 5.41) is 6.81. The smallest absolute Gasteiger partial charge is 0.290 e. The molecule has 0 unspecified atom stereocenters. The molecule has 0 atom stereocenters. The number of nitrogens with zero attached hydrogens (tertiary/aromatic N) is 1. The highest BCUT2D eigenvalue weighted by molar-refractivity contribution is 6.34. The molecule has 0 aliphatic carbocycles. The first-order chi connectivity index (χ1) is 17.8. The molecule has 1 fully saturated rings. The van der Waals surface area contributed by atoms with Gasteiger partial charge in [-0.2, -0.15) is 0 Å². The zero-order valence-corrected chi connectivity index (χ0v) is 22.4. The topological polar surface area (TPSA) is 83.8 Å². The molecule has 3 aromatic rings. The van der Waals surface area contributed by atoms with E-state index in [9.17, 15) is 9.59 Å². The Hall–Kier alpha value is -3.00. The molecule has 0 radical (unpaired) electrons. The molecular formula is C28H31Cl2N3O4. The Balaban J connectivity index is 1.20. The minimum Gasteiger partial charge on any atom is -0.433 e. The number of ether oxygens (including phenoxy) is 1. The number of rotatable bonds is 9. The lowest BCUT2D eigenvalue weighted by atomic mass is 9.89. The second-order valence-electron chi connectivity index (χ2n) is 9.50. The maximum Gasteiger partial charge on any atom is 0.290 e. The van der Waals surface area contributed by atoms with E-state index in [1.54, 1.807) is 18.2 Å². The van der Waals surface area contributed by atoms with Gasteiger partial charge in [0.15, 0.2) is 0 Å². The molecule has 7 nitrogen and oxygen atoms in total. The normalized spacial score (nSPS) is 14.5. The van der Waals surface area contributed by atoms with Gasteiger partial charge in [-0.15, -0.1) is 0 Å². The number of amides is 2. The van der Waals surface area contributed by atoms with Crippen LogP contribution >= 0.6 is 23.2 Å². The zero-order chi connectivity index (χ0) is 26.4. The molecule has 2 aromatic carbocycles. The second-order valence-corrected chi connectivity index (χ2v) is 10.4. The number of carbonyl (C=O) groups excluding carboxylic acids is 2. The summed E-state index contributed by atoms with van der Waals surface area (Å²) in [6.45, 7) is 6.98. The van der Waals surface area contributed by atoms with E-state index in [0.717, 1.165) is 38.2 Å².